The van der Waals surface area contributed by atoms with E-state index in [4.69, 9.17) is 9.47 Å². The monoisotopic (exact) mass is 369 g/mol. The normalized spacial score (nSPS) is 17.3. The minimum atomic E-state index is -0.972. The number of fused-ring (bicyclic) bond motifs is 1. The first-order valence-corrected chi connectivity index (χ1v) is 9.32. The van der Waals surface area contributed by atoms with Crippen LogP contribution in [-0.4, -0.2) is 25.4 Å². The van der Waals surface area contributed by atoms with Gasteiger partial charge in [-0.05, 0) is 53.5 Å². The van der Waals surface area contributed by atoms with Gasteiger partial charge in [-0.25, -0.2) is 4.79 Å². The molecule has 27 heavy (non-hydrogen) atoms. The zero-order valence-electron chi connectivity index (χ0n) is 16.3. The summed E-state index contributed by atoms with van der Waals surface area (Å²) >= 11 is 0. The molecule has 2 aromatic carbocycles. The Labute approximate surface area is 160 Å². The van der Waals surface area contributed by atoms with E-state index < -0.39 is 6.09 Å². The summed E-state index contributed by atoms with van der Waals surface area (Å²) in [6.07, 6.45) is 1.74. The molecular formula is C22H27NO4. The highest BCUT2D eigenvalue weighted by molar-refractivity contribution is 5.73. The Kier molecular flexibility index (Phi) is 5.31. The van der Waals surface area contributed by atoms with Gasteiger partial charge in [-0.15, -0.1) is 0 Å². The molecular weight excluding hydrogens is 342 g/mol. The van der Waals surface area contributed by atoms with Crippen LogP contribution in [0.15, 0.2) is 36.4 Å². The molecule has 0 radical (unpaired) electrons. The second-order valence-corrected chi connectivity index (χ2v) is 7.11. The van der Waals surface area contributed by atoms with Crippen LogP contribution in [0.25, 0.3) is 11.1 Å². The quantitative estimate of drug-likeness (QED) is 0.748. The zero-order chi connectivity index (χ0) is 19.6. The third-order valence-electron chi connectivity index (χ3n) is 6.00. The van der Waals surface area contributed by atoms with Crippen LogP contribution in [0.5, 0.6) is 11.5 Å². The molecule has 144 valence electrons. The zero-order valence-corrected chi connectivity index (χ0v) is 16.3. The summed E-state index contributed by atoms with van der Waals surface area (Å²) in [6.45, 7) is 4.28. The van der Waals surface area contributed by atoms with Gasteiger partial charge in [0.05, 0.1) is 20.3 Å². The molecule has 0 saturated heterocycles. The molecule has 2 aromatic rings. The minimum Gasteiger partial charge on any atom is -0.497 e. The van der Waals surface area contributed by atoms with Crippen molar-refractivity contribution in [2.24, 2.45) is 5.41 Å². The van der Waals surface area contributed by atoms with Gasteiger partial charge in [0, 0.05) is 11.6 Å². The van der Waals surface area contributed by atoms with E-state index >= 15 is 0 Å². The molecule has 5 heteroatoms. The van der Waals surface area contributed by atoms with Crippen molar-refractivity contribution in [2.75, 3.05) is 14.2 Å². The largest absolute Gasteiger partial charge is 0.497 e. The smallest absolute Gasteiger partial charge is 0.405 e. The lowest BCUT2D eigenvalue weighted by Crippen LogP contribution is -2.37. The second kappa shape index (κ2) is 7.51. The van der Waals surface area contributed by atoms with Crippen LogP contribution >= 0.6 is 0 Å². The highest BCUT2D eigenvalue weighted by Crippen LogP contribution is 2.51. The van der Waals surface area contributed by atoms with Crippen LogP contribution in [0, 0.1) is 5.41 Å². The number of nitrogens with one attached hydrogen (secondary N) is 1. The van der Waals surface area contributed by atoms with Crippen LogP contribution in [0.2, 0.25) is 0 Å². The average molecular weight is 369 g/mol. The lowest BCUT2D eigenvalue weighted by Gasteiger charge is -2.33. The molecule has 1 aliphatic rings. The van der Waals surface area contributed by atoms with E-state index in [-0.39, 0.29) is 11.5 Å². The fourth-order valence-electron chi connectivity index (χ4n) is 4.32. The number of carboxylic acid groups (broad SMARTS) is 1. The Balaban J connectivity index is 2.05. The first-order chi connectivity index (χ1) is 13.0. The number of benzene rings is 2. The lowest BCUT2D eigenvalue weighted by atomic mass is 9.76. The van der Waals surface area contributed by atoms with Gasteiger partial charge in [0.15, 0.2) is 0 Å². The maximum Gasteiger partial charge on any atom is 0.405 e. The molecule has 1 aliphatic carbocycles. The van der Waals surface area contributed by atoms with E-state index in [9.17, 15) is 9.90 Å². The molecule has 0 aliphatic heterocycles. The average Bonchev–Trinajstić information content (AvgIpc) is 3.00. The molecule has 1 amide bonds. The Bertz CT molecular complexity index is 842. The first-order valence-electron chi connectivity index (χ1n) is 9.32. The summed E-state index contributed by atoms with van der Waals surface area (Å²) in [5, 5.41) is 12.1. The van der Waals surface area contributed by atoms with E-state index in [1.807, 2.05) is 24.3 Å². The van der Waals surface area contributed by atoms with Gasteiger partial charge in [0.25, 0.3) is 0 Å². The van der Waals surface area contributed by atoms with Gasteiger partial charge in [0.2, 0.25) is 0 Å². The maximum absolute atomic E-state index is 11.4. The summed E-state index contributed by atoms with van der Waals surface area (Å²) in [5.41, 5.74) is 4.26. The maximum atomic E-state index is 11.4. The summed E-state index contributed by atoms with van der Waals surface area (Å²) in [5.74, 6) is 1.50. The molecule has 0 bridgehead atoms. The SMILES string of the molecule is CCC1(CC)Cc2cc(-c3ccc(OC)cc3OC)ccc2C1NC(=O)O. The molecule has 3 rings (SSSR count). The van der Waals surface area contributed by atoms with E-state index in [2.05, 4.69) is 31.3 Å². The van der Waals surface area contributed by atoms with Gasteiger partial charge in [-0.2, -0.15) is 0 Å². The molecule has 2 N–H and O–H groups in total. The van der Waals surface area contributed by atoms with Crippen molar-refractivity contribution in [1.29, 1.82) is 0 Å². The Morgan fingerprint density at radius 2 is 1.89 bits per heavy atom. The molecule has 0 aromatic heterocycles. The predicted octanol–water partition coefficient (Wildman–Crippen LogP) is 5.04. The van der Waals surface area contributed by atoms with Gasteiger partial charge < -0.3 is 19.9 Å². The van der Waals surface area contributed by atoms with E-state index in [1.165, 1.54) is 5.56 Å². The second-order valence-electron chi connectivity index (χ2n) is 7.11. The molecule has 1 unspecified atom stereocenters. The number of carbonyl (C=O) groups is 1. The fourth-order valence-corrected chi connectivity index (χ4v) is 4.32. The molecule has 0 heterocycles. The number of methoxy groups -OCH3 is 2. The van der Waals surface area contributed by atoms with Gasteiger partial charge in [0.1, 0.15) is 11.5 Å². The van der Waals surface area contributed by atoms with Crippen molar-refractivity contribution in [1.82, 2.24) is 5.32 Å². The van der Waals surface area contributed by atoms with Gasteiger partial charge in [-0.1, -0.05) is 32.0 Å². The summed E-state index contributed by atoms with van der Waals surface area (Å²) in [6, 6.07) is 11.9. The van der Waals surface area contributed by atoms with Crippen molar-refractivity contribution >= 4 is 6.09 Å². The standard InChI is InChI=1S/C22H27NO4/c1-5-22(6-2)13-15-11-14(7-9-18(15)20(22)23-21(24)25)17-10-8-16(26-3)12-19(17)27-4/h7-12,20,23H,5-6,13H2,1-4H3,(H,24,25). The third kappa shape index (κ3) is 3.34. The van der Waals surface area contributed by atoms with Crippen molar-refractivity contribution in [3.05, 3.63) is 47.5 Å². The Morgan fingerprint density at radius 3 is 2.48 bits per heavy atom. The third-order valence-corrected chi connectivity index (χ3v) is 6.00. The fraction of sp³-hybridized carbons (Fsp3) is 0.409. The van der Waals surface area contributed by atoms with Crippen LogP contribution < -0.4 is 14.8 Å². The first kappa shape index (κ1) is 19.1. The van der Waals surface area contributed by atoms with Crippen LogP contribution in [0.4, 0.5) is 4.79 Å². The number of hydrogen-bond donors (Lipinski definition) is 2. The van der Waals surface area contributed by atoms with Crippen molar-refractivity contribution < 1.29 is 19.4 Å². The summed E-state index contributed by atoms with van der Waals surface area (Å²) in [4.78, 5) is 11.4. The van der Waals surface area contributed by atoms with Crippen LogP contribution in [-0.2, 0) is 6.42 Å². The lowest BCUT2D eigenvalue weighted by molar-refractivity contribution is 0.157. The highest BCUT2D eigenvalue weighted by Gasteiger charge is 2.44. The number of ether oxygens (including phenoxy) is 2. The van der Waals surface area contributed by atoms with E-state index in [0.29, 0.717) is 0 Å². The van der Waals surface area contributed by atoms with Crippen LogP contribution in [0.3, 0.4) is 0 Å². The highest BCUT2D eigenvalue weighted by atomic mass is 16.5. The minimum absolute atomic E-state index is 0.0800. The Morgan fingerprint density at radius 1 is 1.15 bits per heavy atom. The number of hydrogen-bond acceptors (Lipinski definition) is 3. The van der Waals surface area contributed by atoms with Crippen molar-refractivity contribution in [2.45, 2.75) is 39.2 Å². The van der Waals surface area contributed by atoms with Crippen molar-refractivity contribution in [3.63, 3.8) is 0 Å². The summed E-state index contributed by atoms with van der Waals surface area (Å²) < 4.78 is 10.8. The molecule has 0 fully saturated rings. The van der Waals surface area contributed by atoms with Gasteiger partial charge >= 0.3 is 6.09 Å². The topological polar surface area (TPSA) is 67.8 Å². The molecule has 0 saturated carbocycles. The van der Waals surface area contributed by atoms with Gasteiger partial charge in [-0.3, -0.25) is 0 Å². The number of rotatable bonds is 6. The van der Waals surface area contributed by atoms with E-state index in [0.717, 1.165) is 47.5 Å². The predicted molar refractivity (Wildman–Crippen MR) is 106 cm³/mol. The Hall–Kier alpha value is -2.69. The molecule has 1 atom stereocenters. The molecule has 0 spiro atoms. The number of amides is 1. The van der Waals surface area contributed by atoms with E-state index in [1.54, 1.807) is 14.2 Å². The molecule has 5 nitrogen and oxygen atoms in total. The summed E-state index contributed by atoms with van der Waals surface area (Å²) in [7, 11) is 3.28. The van der Waals surface area contributed by atoms with Crippen LogP contribution in [0.1, 0.15) is 43.9 Å². The van der Waals surface area contributed by atoms with Crippen molar-refractivity contribution in [3.8, 4) is 22.6 Å².